The van der Waals surface area contributed by atoms with Gasteiger partial charge in [0.1, 0.15) is 6.61 Å². The van der Waals surface area contributed by atoms with Crippen molar-refractivity contribution in [3.05, 3.63) is 38.9 Å². The Morgan fingerprint density at radius 3 is 2.88 bits per heavy atom. The average molecular weight is 243 g/mol. The second-order valence-corrected chi connectivity index (χ2v) is 3.69. The maximum absolute atomic E-state index is 10.8. The van der Waals surface area contributed by atoms with Crippen LogP contribution in [0.2, 0.25) is 5.02 Å². The molecule has 1 amide bonds. The zero-order chi connectivity index (χ0) is 11.7. The van der Waals surface area contributed by atoms with E-state index in [9.17, 15) is 14.9 Å². The summed E-state index contributed by atoms with van der Waals surface area (Å²) in [5.74, 6) is 0. The van der Waals surface area contributed by atoms with E-state index in [-0.39, 0.29) is 17.3 Å². The lowest BCUT2D eigenvalue weighted by Crippen LogP contribution is -2.19. The number of rotatable bonds is 2. The van der Waals surface area contributed by atoms with E-state index in [0.717, 1.165) is 0 Å². The van der Waals surface area contributed by atoms with Crippen LogP contribution in [-0.4, -0.2) is 17.6 Å². The highest BCUT2D eigenvalue weighted by Crippen LogP contribution is 2.30. The molecule has 0 bridgehead atoms. The van der Waals surface area contributed by atoms with E-state index in [1.807, 2.05) is 0 Å². The van der Waals surface area contributed by atoms with Gasteiger partial charge in [0.25, 0.3) is 5.69 Å². The number of carbonyl (C=O) groups is 1. The molecule has 1 N–H and O–H groups in total. The fraction of sp³-hybridized carbons (Fsp3) is 0.222. The standard InChI is InChI=1S/C9H7ClN2O4/c10-5-1-2-6(8(3-5)12(14)15)7-4-16-9(13)11-7/h1-3,7H,4H2,(H,11,13). The van der Waals surface area contributed by atoms with Crippen molar-refractivity contribution in [1.29, 1.82) is 0 Å². The monoisotopic (exact) mass is 242 g/mol. The van der Waals surface area contributed by atoms with E-state index in [2.05, 4.69) is 10.1 Å². The molecule has 0 radical (unpaired) electrons. The Balaban J connectivity index is 2.40. The largest absolute Gasteiger partial charge is 0.447 e. The third-order valence-electron chi connectivity index (χ3n) is 2.24. The van der Waals surface area contributed by atoms with Gasteiger partial charge in [-0.25, -0.2) is 4.79 Å². The van der Waals surface area contributed by atoms with Crippen molar-refractivity contribution in [2.24, 2.45) is 0 Å². The molecule has 1 aliphatic rings. The molecule has 1 aromatic carbocycles. The number of nitro groups is 1. The molecule has 1 unspecified atom stereocenters. The van der Waals surface area contributed by atoms with Crippen LogP contribution in [-0.2, 0) is 4.74 Å². The summed E-state index contributed by atoms with van der Waals surface area (Å²) >= 11 is 5.67. The van der Waals surface area contributed by atoms with Gasteiger partial charge < -0.3 is 10.1 Å². The SMILES string of the molecule is O=C1NC(c2ccc(Cl)cc2[N+](=O)[O-])CO1. The number of hydrogen-bond acceptors (Lipinski definition) is 4. The van der Waals surface area contributed by atoms with Crippen LogP contribution in [0.1, 0.15) is 11.6 Å². The predicted molar refractivity (Wildman–Crippen MR) is 55.3 cm³/mol. The Bertz CT molecular complexity index is 463. The lowest BCUT2D eigenvalue weighted by molar-refractivity contribution is -0.385. The number of amides is 1. The number of nitrogens with zero attached hydrogens (tertiary/aromatic N) is 1. The van der Waals surface area contributed by atoms with Crippen molar-refractivity contribution in [2.75, 3.05) is 6.61 Å². The summed E-state index contributed by atoms with van der Waals surface area (Å²) < 4.78 is 4.68. The molecule has 0 saturated carbocycles. The lowest BCUT2D eigenvalue weighted by atomic mass is 10.1. The van der Waals surface area contributed by atoms with Crippen molar-refractivity contribution in [3.8, 4) is 0 Å². The molecule has 1 heterocycles. The third kappa shape index (κ3) is 1.92. The number of cyclic esters (lactones) is 1. The number of nitro benzene ring substituents is 1. The first-order valence-corrected chi connectivity index (χ1v) is 4.83. The van der Waals surface area contributed by atoms with Crippen molar-refractivity contribution in [3.63, 3.8) is 0 Å². The van der Waals surface area contributed by atoms with Crippen molar-refractivity contribution >= 4 is 23.4 Å². The Hall–Kier alpha value is -1.82. The van der Waals surface area contributed by atoms with E-state index < -0.39 is 17.1 Å². The summed E-state index contributed by atoms with van der Waals surface area (Å²) in [5, 5.41) is 13.6. The fourth-order valence-corrected chi connectivity index (χ4v) is 1.69. The van der Waals surface area contributed by atoms with E-state index >= 15 is 0 Å². The van der Waals surface area contributed by atoms with Gasteiger partial charge in [0, 0.05) is 11.1 Å². The van der Waals surface area contributed by atoms with Crippen molar-refractivity contribution < 1.29 is 14.5 Å². The van der Waals surface area contributed by atoms with Crippen molar-refractivity contribution in [2.45, 2.75) is 6.04 Å². The quantitative estimate of drug-likeness (QED) is 0.635. The maximum Gasteiger partial charge on any atom is 0.407 e. The topological polar surface area (TPSA) is 81.5 Å². The van der Waals surface area contributed by atoms with E-state index in [0.29, 0.717) is 5.56 Å². The molecule has 0 spiro atoms. The number of carbonyl (C=O) groups excluding carboxylic acids is 1. The Kier molecular flexibility index (Phi) is 2.66. The molecule has 7 heteroatoms. The summed E-state index contributed by atoms with van der Waals surface area (Å²) in [6.07, 6.45) is -0.575. The van der Waals surface area contributed by atoms with Gasteiger partial charge in [-0.3, -0.25) is 10.1 Å². The van der Waals surface area contributed by atoms with Gasteiger partial charge in [0.15, 0.2) is 0 Å². The molecule has 1 saturated heterocycles. The minimum absolute atomic E-state index is 0.0846. The lowest BCUT2D eigenvalue weighted by Gasteiger charge is -2.08. The van der Waals surface area contributed by atoms with Crippen molar-refractivity contribution in [1.82, 2.24) is 5.32 Å². The number of benzene rings is 1. The van der Waals surface area contributed by atoms with Gasteiger partial charge in [-0.2, -0.15) is 0 Å². The van der Waals surface area contributed by atoms with Crippen LogP contribution in [0.15, 0.2) is 18.2 Å². The molecule has 2 rings (SSSR count). The first kappa shape index (κ1) is 10.7. The minimum atomic E-state index is -0.575. The van der Waals surface area contributed by atoms with Crippen LogP contribution in [0.4, 0.5) is 10.5 Å². The predicted octanol–water partition coefficient (Wildman–Crippen LogP) is 2.03. The Morgan fingerprint density at radius 1 is 1.56 bits per heavy atom. The van der Waals surface area contributed by atoms with Gasteiger partial charge in [0.05, 0.1) is 16.5 Å². The number of halogens is 1. The highest BCUT2D eigenvalue weighted by molar-refractivity contribution is 6.30. The summed E-state index contributed by atoms with van der Waals surface area (Å²) in [7, 11) is 0. The van der Waals surface area contributed by atoms with Crippen LogP contribution in [0, 0.1) is 10.1 Å². The molecule has 0 aliphatic carbocycles. The maximum atomic E-state index is 10.8. The van der Waals surface area contributed by atoms with Gasteiger partial charge in [-0.15, -0.1) is 0 Å². The first-order chi connectivity index (χ1) is 7.58. The number of hydrogen-bond donors (Lipinski definition) is 1. The summed E-state index contributed by atoms with van der Waals surface area (Å²) in [4.78, 5) is 21.1. The first-order valence-electron chi connectivity index (χ1n) is 4.45. The van der Waals surface area contributed by atoms with E-state index in [4.69, 9.17) is 11.6 Å². The molecule has 1 atom stereocenters. The minimum Gasteiger partial charge on any atom is -0.447 e. The van der Waals surface area contributed by atoms with Crippen LogP contribution >= 0.6 is 11.6 Å². The molecule has 1 aromatic rings. The molecule has 84 valence electrons. The normalized spacial score (nSPS) is 19.1. The number of alkyl carbamates (subject to hydrolysis) is 1. The molecule has 6 nitrogen and oxygen atoms in total. The molecule has 1 aliphatic heterocycles. The van der Waals surface area contributed by atoms with Crippen LogP contribution in [0.3, 0.4) is 0 Å². The highest BCUT2D eigenvalue weighted by atomic mass is 35.5. The van der Waals surface area contributed by atoms with Crippen LogP contribution in [0.5, 0.6) is 0 Å². The molecule has 16 heavy (non-hydrogen) atoms. The van der Waals surface area contributed by atoms with Gasteiger partial charge in [-0.1, -0.05) is 11.6 Å². The Morgan fingerprint density at radius 2 is 2.31 bits per heavy atom. The summed E-state index contributed by atoms with van der Waals surface area (Å²) in [6, 6.07) is 3.81. The summed E-state index contributed by atoms with van der Waals surface area (Å²) in [5.41, 5.74) is 0.267. The fourth-order valence-electron chi connectivity index (χ4n) is 1.52. The zero-order valence-electron chi connectivity index (χ0n) is 7.97. The van der Waals surface area contributed by atoms with E-state index in [1.54, 1.807) is 0 Å². The average Bonchev–Trinajstić information content (AvgIpc) is 2.64. The highest BCUT2D eigenvalue weighted by Gasteiger charge is 2.29. The summed E-state index contributed by atoms with van der Waals surface area (Å²) in [6.45, 7) is 0.0846. The number of ether oxygens (including phenoxy) is 1. The third-order valence-corrected chi connectivity index (χ3v) is 2.47. The van der Waals surface area contributed by atoms with E-state index in [1.165, 1.54) is 18.2 Å². The molecular formula is C9H7ClN2O4. The van der Waals surface area contributed by atoms with Crippen LogP contribution in [0.25, 0.3) is 0 Å². The zero-order valence-corrected chi connectivity index (χ0v) is 8.73. The molecular weight excluding hydrogens is 236 g/mol. The van der Waals surface area contributed by atoms with Gasteiger partial charge in [0.2, 0.25) is 0 Å². The second-order valence-electron chi connectivity index (χ2n) is 3.26. The van der Waals surface area contributed by atoms with Gasteiger partial charge in [-0.05, 0) is 12.1 Å². The van der Waals surface area contributed by atoms with Gasteiger partial charge >= 0.3 is 6.09 Å². The molecule has 0 aromatic heterocycles. The Labute approximate surface area is 95.3 Å². The second kappa shape index (κ2) is 3.97. The van der Waals surface area contributed by atoms with Crippen LogP contribution < -0.4 is 5.32 Å². The smallest absolute Gasteiger partial charge is 0.407 e. The number of nitrogens with one attached hydrogen (secondary N) is 1. The molecule has 1 fully saturated rings.